The molecule has 5 heteroatoms. The van der Waals surface area contributed by atoms with E-state index in [1.165, 1.54) is 0 Å². The molecule has 0 aliphatic heterocycles. The van der Waals surface area contributed by atoms with E-state index in [-0.39, 0.29) is 0 Å². The van der Waals surface area contributed by atoms with Crippen molar-refractivity contribution < 1.29 is 0 Å². The first kappa shape index (κ1) is 9.83. The van der Waals surface area contributed by atoms with Crippen molar-refractivity contribution in [1.82, 2.24) is 15.2 Å². The lowest BCUT2D eigenvalue weighted by molar-refractivity contribution is 0.606. The van der Waals surface area contributed by atoms with Crippen LogP contribution in [0.5, 0.6) is 0 Å². The van der Waals surface area contributed by atoms with Crippen LogP contribution in [0.2, 0.25) is 0 Å². The molecule has 1 heterocycles. The Labute approximate surface area is 78.3 Å². The van der Waals surface area contributed by atoms with Gasteiger partial charge >= 0.3 is 0 Å². The molecule has 0 aliphatic rings. The second-order valence-electron chi connectivity index (χ2n) is 3.27. The van der Waals surface area contributed by atoms with Gasteiger partial charge in [0.05, 0.1) is 0 Å². The molecule has 1 aromatic heterocycles. The Morgan fingerprint density at radius 2 is 2.31 bits per heavy atom. The molecule has 0 fully saturated rings. The number of nitrogen functional groups attached to an aromatic ring is 1. The van der Waals surface area contributed by atoms with E-state index in [4.69, 9.17) is 5.73 Å². The van der Waals surface area contributed by atoms with Crippen molar-refractivity contribution in [2.45, 2.75) is 32.7 Å². The molecule has 0 saturated carbocycles. The smallest absolute Gasteiger partial charge is 0.246 e. The Morgan fingerprint density at radius 1 is 1.62 bits per heavy atom. The van der Waals surface area contributed by atoms with E-state index < -0.39 is 0 Å². The van der Waals surface area contributed by atoms with Crippen LogP contribution < -0.4 is 10.6 Å². The molecular weight excluding hydrogens is 166 g/mol. The third-order valence-electron chi connectivity index (χ3n) is 2.17. The summed E-state index contributed by atoms with van der Waals surface area (Å²) in [5, 5.41) is 6.61. The van der Waals surface area contributed by atoms with Crippen LogP contribution in [0.25, 0.3) is 0 Å². The number of nitrogens with zero attached hydrogens (tertiary/aromatic N) is 3. The van der Waals surface area contributed by atoms with Crippen LogP contribution >= 0.6 is 0 Å². The topological polar surface area (TPSA) is 70.8 Å². The van der Waals surface area contributed by atoms with E-state index in [1.807, 2.05) is 11.9 Å². The number of nitrogens with one attached hydrogen (secondary N) is 1. The Hall–Kier alpha value is -1.26. The summed E-state index contributed by atoms with van der Waals surface area (Å²) in [5.74, 6) is 1.03. The summed E-state index contributed by atoms with van der Waals surface area (Å²) in [6.07, 6.45) is 2.29. The van der Waals surface area contributed by atoms with E-state index in [0.29, 0.717) is 17.9 Å². The molecule has 0 spiro atoms. The van der Waals surface area contributed by atoms with Gasteiger partial charge in [-0.1, -0.05) is 13.3 Å². The molecule has 74 valence electrons. The van der Waals surface area contributed by atoms with E-state index in [2.05, 4.69) is 29.0 Å². The number of aromatic nitrogens is 3. The fourth-order valence-corrected chi connectivity index (χ4v) is 1.23. The van der Waals surface area contributed by atoms with Crippen LogP contribution in [-0.4, -0.2) is 28.3 Å². The lowest BCUT2D eigenvalue weighted by atomic mass is 10.2. The summed E-state index contributed by atoms with van der Waals surface area (Å²) in [6, 6.07) is 0.445. The lowest BCUT2D eigenvalue weighted by Crippen LogP contribution is -2.29. The fourth-order valence-electron chi connectivity index (χ4n) is 1.23. The quantitative estimate of drug-likeness (QED) is 0.731. The highest BCUT2D eigenvalue weighted by molar-refractivity contribution is 5.33. The summed E-state index contributed by atoms with van der Waals surface area (Å²) in [5.41, 5.74) is 5.43. The number of H-pyrrole nitrogens is 1. The third kappa shape index (κ3) is 2.34. The molecule has 1 rings (SSSR count). The number of nitrogens with two attached hydrogens (primary N) is 1. The average molecular weight is 183 g/mol. The predicted octanol–water partition coefficient (Wildman–Crippen LogP) is 1.01. The van der Waals surface area contributed by atoms with Crippen molar-refractivity contribution in [1.29, 1.82) is 0 Å². The van der Waals surface area contributed by atoms with Crippen LogP contribution in [-0.2, 0) is 0 Å². The predicted molar refractivity (Wildman–Crippen MR) is 53.6 cm³/mol. The van der Waals surface area contributed by atoms with Crippen LogP contribution in [0.4, 0.5) is 11.9 Å². The monoisotopic (exact) mass is 183 g/mol. The average Bonchev–Trinajstić information content (AvgIpc) is 2.51. The Bertz CT molecular complexity index is 257. The molecule has 0 radical (unpaired) electrons. The Balaban J connectivity index is 2.61. The molecule has 0 amide bonds. The standard InChI is InChI=1S/C8H17N5/c1-4-5-6(2)13(3)8-10-7(9)11-12-8/h6H,4-5H2,1-3H3,(H3,9,10,11,12). The minimum atomic E-state index is 0.366. The first-order valence-electron chi connectivity index (χ1n) is 4.55. The Morgan fingerprint density at radius 3 is 2.77 bits per heavy atom. The number of anilines is 2. The van der Waals surface area contributed by atoms with Crippen molar-refractivity contribution in [3.8, 4) is 0 Å². The SMILES string of the molecule is CCCC(C)N(C)c1n[nH]c(N)n1. The lowest BCUT2D eigenvalue weighted by Gasteiger charge is -2.22. The maximum absolute atomic E-state index is 5.43. The van der Waals surface area contributed by atoms with E-state index in [9.17, 15) is 0 Å². The van der Waals surface area contributed by atoms with Gasteiger partial charge < -0.3 is 10.6 Å². The highest BCUT2D eigenvalue weighted by atomic mass is 15.4. The summed E-state index contributed by atoms with van der Waals surface area (Å²) in [7, 11) is 1.98. The van der Waals surface area contributed by atoms with E-state index in [0.717, 1.165) is 12.8 Å². The van der Waals surface area contributed by atoms with E-state index >= 15 is 0 Å². The zero-order chi connectivity index (χ0) is 9.84. The summed E-state index contributed by atoms with van der Waals surface area (Å²) in [6.45, 7) is 4.31. The first-order chi connectivity index (χ1) is 6.15. The largest absolute Gasteiger partial charge is 0.368 e. The molecule has 5 nitrogen and oxygen atoms in total. The van der Waals surface area contributed by atoms with Gasteiger partial charge in [0.25, 0.3) is 0 Å². The third-order valence-corrected chi connectivity index (χ3v) is 2.17. The zero-order valence-corrected chi connectivity index (χ0v) is 8.41. The molecular formula is C8H17N5. The van der Waals surface area contributed by atoms with Crippen LogP contribution in [0.3, 0.4) is 0 Å². The molecule has 1 atom stereocenters. The highest BCUT2D eigenvalue weighted by Gasteiger charge is 2.12. The van der Waals surface area contributed by atoms with Gasteiger partial charge in [-0.15, -0.1) is 5.10 Å². The molecule has 0 bridgehead atoms. The van der Waals surface area contributed by atoms with Crippen molar-refractivity contribution >= 4 is 11.9 Å². The van der Waals surface area contributed by atoms with Crippen molar-refractivity contribution in [2.75, 3.05) is 17.7 Å². The van der Waals surface area contributed by atoms with Gasteiger partial charge in [0, 0.05) is 13.1 Å². The van der Waals surface area contributed by atoms with Crippen molar-refractivity contribution in [3.05, 3.63) is 0 Å². The van der Waals surface area contributed by atoms with Crippen molar-refractivity contribution in [3.63, 3.8) is 0 Å². The number of hydrogen-bond acceptors (Lipinski definition) is 4. The number of aromatic amines is 1. The number of rotatable bonds is 4. The minimum absolute atomic E-state index is 0.366. The van der Waals surface area contributed by atoms with Gasteiger partial charge in [0.2, 0.25) is 11.9 Å². The second-order valence-corrected chi connectivity index (χ2v) is 3.27. The first-order valence-corrected chi connectivity index (χ1v) is 4.55. The molecule has 0 aliphatic carbocycles. The number of hydrogen-bond donors (Lipinski definition) is 2. The van der Waals surface area contributed by atoms with Gasteiger partial charge in [-0.3, -0.25) is 0 Å². The molecule has 1 aromatic rings. The molecule has 0 saturated heterocycles. The van der Waals surface area contributed by atoms with Gasteiger partial charge in [-0.25, -0.2) is 5.10 Å². The normalized spacial score (nSPS) is 12.8. The van der Waals surface area contributed by atoms with Gasteiger partial charge in [0.15, 0.2) is 0 Å². The maximum atomic E-state index is 5.43. The molecule has 13 heavy (non-hydrogen) atoms. The summed E-state index contributed by atoms with van der Waals surface area (Å²) < 4.78 is 0. The Kier molecular flexibility index (Phi) is 3.11. The molecule has 3 N–H and O–H groups in total. The summed E-state index contributed by atoms with van der Waals surface area (Å²) >= 11 is 0. The van der Waals surface area contributed by atoms with Crippen molar-refractivity contribution in [2.24, 2.45) is 0 Å². The highest BCUT2D eigenvalue weighted by Crippen LogP contribution is 2.12. The zero-order valence-electron chi connectivity index (χ0n) is 8.41. The van der Waals surface area contributed by atoms with Crippen LogP contribution in [0.1, 0.15) is 26.7 Å². The van der Waals surface area contributed by atoms with Gasteiger partial charge in [-0.05, 0) is 13.3 Å². The molecule has 1 unspecified atom stereocenters. The minimum Gasteiger partial charge on any atom is -0.368 e. The fraction of sp³-hybridized carbons (Fsp3) is 0.750. The van der Waals surface area contributed by atoms with Crippen LogP contribution in [0, 0.1) is 0 Å². The van der Waals surface area contributed by atoms with Gasteiger partial charge in [0.1, 0.15) is 0 Å². The molecule has 0 aromatic carbocycles. The second kappa shape index (κ2) is 4.11. The summed E-state index contributed by atoms with van der Waals surface area (Å²) in [4.78, 5) is 6.08. The van der Waals surface area contributed by atoms with E-state index in [1.54, 1.807) is 0 Å². The maximum Gasteiger partial charge on any atom is 0.246 e. The van der Waals surface area contributed by atoms with Gasteiger partial charge in [-0.2, -0.15) is 4.98 Å². The van der Waals surface area contributed by atoms with Crippen LogP contribution in [0.15, 0.2) is 0 Å².